The molecule has 0 aliphatic heterocycles. The fourth-order valence-corrected chi connectivity index (χ4v) is 2.33. The molecule has 0 unspecified atom stereocenters. The highest BCUT2D eigenvalue weighted by molar-refractivity contribution is 5.93. The van der Waals surface area contributed by atoms with Crippen molar-refractivity contribution in [3.05, 3.63) is 29.8 Å². The summed E-state index contributed by atoms with van der Waals surface area (Å²) in [4.78, 5) is 12.3. The first-order chi connectivity index (χ1) is 9.22. The number of benzene rings is 1. The molecule has 0 bridgehead atoms. The molecule has 0 aromatic heterocycles. The smallest absolute Gasteiger partial charge is 0.227 e. The van der Waals surface area contributed by atoms with Crippen LogP contribution < -0.4 is 10.6 Å². The van der Waals surface area contributed by atoms with Gasteiger partial charge in [-0.25, -0.2) is 0 Å². The molecule has 1 aromatic rings. The van der Waals surface area contributed by atoms with Crippen LogP contribution in [0.3, 0.4) is 0 Å². The van der Waals surface area contributed by atoms with E-state index in [0.717, 1.165) is 43.5 Å². The molecule has 1 rings (SSSR count). The third-order valence-corrected chi connectivity index (χ3v) is 3.29. The minimum atomic E-state index is 0.137. The van der Waals surface area contributed by atoms with Crippen LogP contribution in [0.5, 0.6) is 0 Å². The number of rotatable bonds is 8. The lowest BCUT2D eigenvalue weighted by Crippen LogP contribution is -2.23. The van der Waals surface area contributed by atoms with Crippen molar-refractivity contribution in [1.29, 1.82) is 0 Å². The Morgan fingerprint density at radius 1 is 1.16 bits per heavy atom. The molecule has 0 spiro atoms. The summed E-state index contributed by atoms with van der Waals surface area (Å²) in [5, 5.41) is 6.21. The summed E-state index contributed by atoms with van der Waals surface area (Å²) in [7, 11) is 1.91. The molecule has 2 N–H and O–H groups in total. The van der Waals surface area contributed by atoms with Crippen LogP contribution in [0.2, 0.25) is 0 Å². The van der Waals surface area contributed by atoms with Gasteiger partial charge in [0.1, 0.15) is 0 Å². The zero-order valence-electron chi connectivity index (χ0n) is 12.3. The standard InChI is InChI=1S/C16H26N2O/c1-4-8-13(9-5-2)16(19)18-15-11-7-6-10-14(15)12-17-3/h6-7,10-11,13,17H,4-5,8-9,12H2,1-3H3,(H,18,19). The van der Waals surface area contributed by atoms with Crippen LogP contribution in [-0.4, -0.2) is 13.0 Å². The lowest BCUT2D eigenvalue weighted by Gasteiger charge is -2.17. The molecule has 0 atom stereocenters. The lowest BCUT2D eigenvalue weighted by atomic mass is 9.97. The van der Waals surface area contributed by atoms with E-state index in [1.54, 1.807) is 0 Å². The van der Waals surface area contributed by atoms with Gasteiger partial charge in [0.15, 0.2) is 0 Å². The fraction of sp³-hybridized carbons (Fsp3) is 0.562. The van der Waals surface area contributed by atoms with Crippen LogP contribution in [0.1, 0.15) is 45.1 Å². The number of hydrogen-bond acceptors (Lipinski definition) is 2. The van der Waals surface area contributed by atoms with Crippen molar-refractivity contribution >= 4 is 11.6 Å². The van der Waals surface area contributed by atoms with E-state index in [0.29, 0.717) is 0 Å². The molecule has 1 amide bonds. The van der Waals surface area contributed by atoms with E-state index in [1.165, 1.54) is 0 Å². The monoisotopic (exact) mass is 262 g/mol. The maximum Gasteiger partial charge on any atom is 0.227 e. The summed E-state index contributed by atoms with van der Waals surface area (Å²) in [6.07, 6.45) is 4.04. The van der Waals surface area contributed by atoms with E-state index < -0.39 is 0 Å². The molecule has 3 nitrogen and oxygen atoms in total. The van der Waals surface area contributed by atoms with E-state index >= 15 is 0 Å². The average Bonchev–Trinajstić information content (AvgIpc) is 2.41. The Kier molecular flexibility index (Phi) is 7.19. The van der Waals surface area contributed by atoms with Gasteiger partial charge in [-0.05, 0) is 31.5 Å². The number of para-hydroxylation sites is 1. The van der Waals surface area contributed by atoms with Crippen molar-refractivity contribution in [2.75, 3.05) is 12.4 Å². The zero-order valence-corrected chi connectivity index (χ0v) is 12.3. The number of anilines is 1. The molecule has 0 heterocycles. The van der Waals surface area contributed by atoms with Gasteiger partial charge in [0.05, 0.1) is 0 Å². The van der Waals surface area contributed by atoms with Crippen LogP contribution in [0, 0.1) is 5.92 Å². The van der Waals surface area contributed by atoms with Gasteiger partial charge < -0.3 is 10.6 Å². The second-order valence-electron chi connectivity index (χ2n) is 4.95. The summed E-state index contributed by atoms with van der Waals surface area (Å²) in [6.45, 7) is 5.03. The van der Waals surface area contributed by atoms with Crippen molar-refractivity contribution in [1.82, 2.24) is 5.32 Å². The Morgan fingerprint density at radius 2 is 1.79 bits per heavy atom. The number of carbonyl (C=O) groups is 1. The molecular weight excluding hydrogens is 236 g/mol. The van der Waals surface area contributed by atoms with Crippen LogP contribution in [-0.2, 0) is 11.3 Å². The summed E-state index contributed by atoms with van der Waals surface area (Å²) in [5.74, 6) is 0.296. The SMILES string of the molecule is CCCC(CCC)C(=O)Nc1ccccc1CNC. The van der Waals surface area contributed by atoms with Crippen LogP contribution in [0.25, 0.3) is 0 Å². The van der Waals surface area contributed by atoms with Crippen LogP contribution in [0.15, 0.2) is 24.3 Å². The fourth-order valence-electron chi connectivity index (χ4n) is 2.33. The molecule has 3 heteroatoms. The van der Waals surface area contributed by atoms with Gasteiger partial charge in [-0.3, -0.25) is 4.79 Å². The van der Waals surface area contributed by atoms with Crippen molar-refractivity contribution in [2.45, 2.75) is 46.1 Å². The number of nitrogens with one attached hydrogen (secondary N) is 2. The number of amides is 1. The highest BCUT2D eigenvalue weighted by Gasteiger charge is 2.17. The van der Waals surface area contributed by atoms with Gasteiger partial charge in [-0.2, -0.15) is 0 Å². The molecular formula is C16H26N2O. The van der Waals surface area contributed by atoms with Crippen molar-refractivity contribution in [3.63, 3.8) is 0 Å². The van der Waals surface area contributed by atoms with Crippen molar-refractivity contribution < 1.29 is 4.79 Å². The van der Waals surface area contributed by atoms with E-state index in [9.17, 15) is 4.79 Å². The molecule has 0 aliphatic rings. The van der Waals surface area contributed by atoms with E-state index in [-0.39, 0.29) is 11.8 Å². The molecule has 19 heavy (non-hydrogen) atoms. The molecule has 0 aliphatic carbocycles. The largest absolute Gasteiger partial charge is 0.326 e. The number of carbonyl (C=O) groups excluding carboxylic acids is 1. The van der Waals surface area contributed by atoms with Gasteiger partial charge in [-0.15, -0.1) is 0 Å². The predicted octanol–water partition coefficient (Wildman–Crippen LogP) is 3.56. The molecule has 106 valence electrons. The van der Waals surface area contributed by atoms with Gasteiger partial charge in [-0.1, -0.05) is 44.9 Å². The molecule has 0 saturated heterocycles. The van der Waals surface area contributed by atoms with E-state index in [2.05, 4.69) is 24.5 Å². The summed E-state index contributed by atoms with van der Waals surface area (Å²) in [6, 6.07) is 7.97. The minimum Gasteiger partial charge on any atom is -0.326 e. The lowest BCUT2D eigenvalue weighted by molar-refractivity contribution is -0.120. The maximum atomic E-state index is 12.3. The van der Waals surface area contributed by atoms with Crippen molar-refractivity contribution in [2.24, 2.45) is 5.92 Å². The Morgan fingerprint density at radius 3 is 2.37 bits per heavy atom. The Bertz CT molecular complexity index is 384. The quantitative estimate of drug-likeness (QED) is 0.752. The first kappa shape index (κ1) is 15.7. The highest BCUT2D eigenvalue weighted by Crippen LogP contribution is 2.19. The molecule has 0 radical (unpaired) electrons. The van der Waals surface area contributed by atoms with E-state index in [1.807, 2.05) is 31.3 Å². The zero-order chi connectivity index (χ0) is 14.1. The normalized spacial score (nSPS) is 10.7. The van der Waals surface area contributed by atoms with Crippen LogP contribution >= 0.6 is 0 Å². The Hall–Kier alpha value is -1.35. The maximum absolute atomic E-state index is 12.3. The van der Waals surface area contributed by atoms with Gasteiger partial charge in [0.25, 0.3) is 0 Å². The summed E-state index contributed by atoms with van der Waals surface area (Å²) >= 11 is 0. The number of hydrogen-bond donors (Lipinski definition) is 2. The third-order valence-electron chi connectivity index (χ3n) is 3.29. The van der Waals surface area contributed by atoms with Gasteiger partial charge in [0.2, 0.25) is 5.91 Å². The topological polar surface area (TPSA) is 41.1 Å². The molecule has 0 fully saturated rings. The second kappa shape index (κ2) is 8.70. The van der Waals surface area contributed by atoms with Gasteiger partial charge in [0, 0.05) is 18.2 Å². The average molecular weight is 262 g/mol. The summed E-state index contributed by atoms with van der Waals surface area (Å²) in [5.41, 5.74) is 2.06. The Balaban J connectivity index is 2.74. The Labute approximate surface area is 116 Å². The highest BCUT2D eigenvalue weighted by atomic mass is 16.1. The van der Waals surface area contributed by atoms with E-state index in [4.69, 9.17) is 0 Å². The van der Waals surface area contributed by atoms with Gasteiger partial charge >= 0.3 is 0 Å². The third kappa shape index (κ3) is 5.03. The van der Waals surface area contributed by atoms with Crippen molar-refractivity contribution in [3.8, 4) is 0 Å². The predicted molar refractivity (Wildman–Crippen MR) is 81.1 cm³/mol. The molecule has 0 saturated carbocycles. The summed E-state index contributed by atoms with van der Waals surface area (Å²) < 4.78 is 0. The first-order valence-corrected chi connectivity index (χ1v) is 7.26. The minimum absolute atomic E-state index is 0.137. The first-order valence-electron chi connectivity index (χ1n) is 7.26. The molecule has 1 aromatic carbocycles. The second-order valence-corrected chi connectivity index (χ2v) is 4.95. The van der Waals surface area contributed by atoms with Crippen LogP contribution in [0.4, 0.5) is 5.69 Å².